The van der Waals surface area contributed by atoms with E-state index in [-0.39, 0.29) is 30.2 Å². The van der Waals surface area contributed by atoms with Crippen LogP contribution in [0.2, 0.25) is 0 Å². The predicted octanol–water partition coefficient (Wildman–Crippen LogP) is 2.69. The number of carbonyl (C=O) groups is 2. The van der Waals surface area contributed by atoms with Crippen molar-refractivity contribution in [1.82, 2.24) is 4.90 Å². The van der Waals surface area contributed by atoms with Crippen molar-refractivity contribution in [2.45, 2.75) is 6.92 Å². The molecular weight excluding hydrogens is 390 g/mol. The van der Waals surface area contributed by atoms with Gasteiger partial charge >= 0.3 is 0 Å². The molecule has 0 radical (unpaired) electrons. The highest BCUT2D eigenvalue weighted by molar-refractivity contribution is 6.02. The molecule has 0 unspecified atom stereocenters. The number of rotatable bonds is 8. The van der Waals surface area contributed by atoms with Crippen molar-refractivity contribution in [1.29, 1.82) is 0 Å². The molecule has 0 atom stereocenters. The van der Waals surface area contributed by atoms with Crippen LogP contribution in [0.3, 0.4) is 0 Å². The normalized spacial score (nSPS) is 9.93. The fourth-order valence-electron chi connectivity index (χ4n) is 2.68. The first-order valence-electron chi connectivity index (χ1n) is 8.91. The maximum atomic E-state index is 12.8. The van der Waals surface area contributed by atoms with Crippen LogP contribution in [0.4, 0.5) is 11.4 Å². The number of anilines is 1. The van der Waals surface area contributed by atoms with Gasteiger partial charge in [-0.2, -0.15) is 0 Å². The molecule has 1 N–H and O–H groups in total. The van der Waals surface area contributed by atoms with E-state index in [1.807, 2.05) is 0 Å². The molecule has 0 aliphatic heterocycles. The first kappa shape index (κ1) is 22.2. The zero-order valence-electron chi connectivity index (χ0n) is 16.8. The standard InChI is InChI=1S/C21H21N3O6/c1-5-14-8-7-9-15(10-14)22-20(25)13-23(3)21(26)16-11-19(30-6-2)18(29-4)12-17(16)24(27)28/h1,7-12H,6,13H2,2-4H3,(H,22,25). The molecule has 2 aromatic carbocycles. The minimum absolute atomic E-state index is 0.133. The third kappa shape index (κ3) is 5.26. The second kappa shape index (κ2) is 9.93. The lowest BCUT2D eigenvalue weighted by Crippen LogP contribution is -2.35. The Hall–Kier alpha value is -4.06. The van der Waals surface area contributed by atoms with Gasteiger partial charge in [0.05, 0.1) is 31.3 Å². The van der Waals surface area contributed by atoms with Gasteiger partial charge in [0, 0.05) is 24.4 Å². The first-order chi connectivity index (χ1) is 14.3. The smallest absolute Gasteiger partial charge is 0.286 e. The number of likely N-dealkylation sites (N-methyl/N-ethyl adjacent to an activating group) is 1. The van der Waals surface area contributed by atoms with E-state index < -0.39 is 22.4 Å². The number of amides is 2. The van der Waals surface area contributed by atoms with Gasteiger partial charge in [-0.3, -0.25) is 19.7 Å². The number of nitrogens with one attached hydrogen (secondary N) is 1. The number of hydrogen-bond donors (Lipinski definition) is 1. The number of methoxy groups -OCH3 is 1. The van der Waals surface area contributed by atoms with E-state index in [4.69, 9.17) is 15.9 Å². The summed E-state index contributed by atoms with van der Waals surface area (Å²) >= 11 is 0. The number of carbonyl (C=O) groups excluding carboxylic acids is 2. The van der Waals surface area contributed by atoms with Gasteiger partial charge in [-0.25, -0.2) is 0 Å². The molecule has 0 heterocycles. The molecule has 0 aliphatic rings. The van der Waals surface area contributed by atoms with E-state index in [1.54, 1.807) is 31.2 Å². The minimum Gasteiger partial charge on any atom is -0.493 e. The van der Waals surface area contributed by atoms with Crippen molar-refractivity contribution < 1.29 is 24.0 Å². The Morgan fingerprint density at radius 3 is 2.60 bits per heavy atom. The molecule has 0 spiro atoms. The van der Waals surface area contributed by atoms with Crippen molar-refractivity contribution in [3.63, 3.8) is 0 Å². The fraction of sp³-hybridized carbons (Fsp3) is 0.238. The molecule has 2 aromatic rings. The first-order valence-corrected chi connectivity index (χ1v) is 8.91. The summed E-state index contributed by atoms with van der Waals surface area (Å²) in [5, 5.41) is 14.1. The van der Waals surface area contributed by atoms with Gasteiger partial charge in [0.15, 0.2) is 11.5 Å². The number of nitro groups is 1. The van der Waals surface area contributed by atoms with Crippen molar-refractivity contribution in [3.8, 4) is 23.8 Å². The molecule has 9 heteroatoms. The van der Waals surface area contributed by atoms with E-state index in [9.17, 15) is 19.7 Å². The molecule has 0 saturated carbocycles. The molecule has 0 fully saturated rings. The zero-order valence-corrected chi connectivity index (χ0v) is 16.8. The van der Waals surface area contributed by atoms with Gasteiger partial charge in [0.1, 0.15) is 5.56 Å². The van der Waals surface area contributed by atoms with Crippen molar-refractivity contribution in [3.05, 3.63) is 57.6 Å². The predicted molar refractivity (Wildman–Crippen MR) is 111 cm³/mol. The average molecular weight is 411 g/mol. The molecule has 9 nitrogen and oxygen atoms in total. The van der Waals surface area contributed by atoms with Crippen molar-refractivity contribution in [2.24, 2.45) is 0 Å². The quantitative estimate of drug-likeness (QED) is 0.406. The monoisotopic (exact) mass is 411 g/mol. The summed E-state index contributed by atoms with van der Waals surface area (Å²) in [7, 11) is 2.71. The summed E-state index contributed by atoms with van der Waals surface area (Å²) in [5.41, 5.74) is 0.406. The van der Waals surface area contributed by atoms with E-state index in [1.165, 1.54) is 20.2 Å². The number of nitrogens with zero attached hydrogens (tertiary/aromatic N) is 2. The van der Waals surface area contributed by atoms with Crippen LogP contribution in [0.25, 0.3) is 0 Å². The van der Waals surface area contributed by atoms with E-state index in [0.29, 0.717) is 11.3 Å². The summed E-state index contributed by atoms with van der Waals surface area (Å²) < 4.78 is 10.5. The molecule has 30 heavy (non-hydrogen) atoms. The largest absolute Gasteiger partial charge is 0.493 e. The molecule has 0 bridgehead atoms. The Morgan fingerprint density at radius 2 is 2.00 bits per heavy atom. The third-order valence-corrected chi connectivity index (χ3v) is 4.05. The number of benzene rings is 2. The molecule has 0 saturated heterocycles. The van der Waals surface area contributed by atoms with E-state index in [0.717, 1.165) is 11.0 Å². The second-order valence-corrected chi connectivity index (χ2v) is 6.14. The van der Waals surface area contributed by atoms with Crippen molar-refractivity contribution in [2.75, 3.05) is 32.6 Å². The van der Waals surface area contributed by atoms with Gasteiger partial charge < -0.3 is 19.7 Å². The van der Waals surface area contributed by atoms with Gasteiger partial charge in [-0.15, -0.1) is 6.42 Å². The number of nitro benzene ring substituents is 1. The summed E-state index contributed by atoms with van der Waals surface area (Å²) in [5.74, 6) is 1.59. The fourth-order valence-corrected chi connectivity index (χ4v) is 2.68. The van der Waals surface area contributed by atoms with Crippen molar-refractivity contribution >= 4 is 23.2 Å². The van der Waals surface area contributed by atoms with Crippen LogP contribution in [0.15, 0.2) is 36.4 Å². The number of terminal acetylenes is 1. The summed E-state index contributed by atoms with van der Waals surface area (Å²) in [6, 6.07) is 9.04. The Balaban J connectivity index is 2.23. The maximum Gasteiger partial charge on any atom is 0.286 e. The highest BCUT2D eigenvalue weighted by Gasteiger charge is 2.27. The zero-order chi connectivity index (χ0) is 22.3. The molecule has 2 rings (SSSR count). The summed E-state index contributed by atoms with van der Waals surface area (Å²) in [6.07, 6.45) is 5.34. The van der Waals surface area contributed by atoms with Gasteiger partial charge in [0.2, 0.25) is 5.91 Å². The Morgan fingerprint density at radius 1 is 1.27 bits per heavy atom. The average Bonchev–Trinajstić information content (AvgIpc) is 2.72. The van der Waals surface area contributed by atoms with Crippen LogP contribution < -0.4 is 14.8 Å². The Kier molecular flexibility index (Phi) is 7.36. The minimum atomic E-state index is -0.710. The molecular formula is C21H21N3O6. The highest BCUT2D eigenvalue weighted by atomic mass is 16.6. The van der Waals surface area contributed by atoms with Gasteiger partial charge in [0.25, 0.3) is 11.6 Å². The van der Waals surface area contributed by atoms with Crippen LogP contribution in [0.1, 0.15) is 22.8 Å². The van der Waals surface area contributed by atoms with Crippen LogP contribution in [0.5, 0.6) is 11.5 Å². The van der Waals surface area contributed by atoms with Crippen LogP contribution >= 0.6 is 0 Å². The Labute approximate surface area is 173 Å². The summed E-state index contributed by atoms with van der Waals surface area (Å²) in [6.45, 7) is 1.68. The summed E-state index contributed by atoms with van der Waals surface area (Å²) in [4.78, 5) is 37.0. The molecule has 0 aliphatic carbocycles. The second-order valence-electron chi connectivity index (χ2n) is 6.14. The van der Waals surface area contributed by atoms with Crippen LogP contribution in [-0.4, -0.2) is 48.9 Å². The highest BCUT2D eigenvalue weighted by Crippen LogP contribution is 2.35. The SMILES string of the molecule is C#Cc1cccc(NC(=O)CN(C)C(=O)c2cc(OCC)c(OC)cc2[N+](=O)[O-])c1. The number of ether oxygens (including phenoxy) is 2. The van der Waals surface area contributed by atoms with Crippen LogP contribution in [0, 0.1) is 22.5 Å². The molecule has 156 valence electrons. The van der Waals surface area contributed by atoms with Gasteiger partial charge in [-0.1, -0.05) is 12.0 Å². The van der Waals surface area contributed by atoms with Gasteiger partial charge in [-0.05, 0) is 25.1 Å². The Bertz CT molecular complexity index is 1010. The third-order valence-electron chi connectivity index (χ3n) is 4.05. The topological polar surface area (TPSA) is 111 Å². The molecule has 2 amide bonds. The molecule has 0 aromatic heterocycles. The van der Waals surface area contributed by atoms with E-state index >= 15 is 0 Å². The lowest BCUT2D eigenvalue weighted by Gasteiger charge is -2.18. The van der Waals surface area contributed by atoms with Crippen LogP contribution in [-0.2, 0) is 4.79 Å². The number of hydrogen-bond acceptors (Lipinski definition) is 6. The lowest BCUT2D eigenvalue weighted by atomic mass is 10.1. The lowest BCUT2D eigenvalue weighted by molar-refractivity contribution is -0.385. The van der Waals surface area contributed by atoms with E-state index in [2.05, 4.69) is 11.2 Å². The maximum absolute atomic E-state index is 12.8.